The van der Waals surface area contributed by atoms with Crippen molar-refractivity contribution in [3.05, 3.63) is 35.4 Å². The predicted molar refractivity (Wildman–Crippen MR) is 72.8 cm³/mol. The minimum atomic E-state index is -3.03. The molecule has 19 heavy (non-hydrogen) atoms. The summed E-state index contributed by atoms with van der Waals surface area (Å²) in [7, 11) is -3.03. The van der Waals surface area contributed by atoms with Crippen LogP contribution in [0.2, 0.25) is 0 Å². The van der Waals surface area contributed by atoms with E-state index in [2.05, 4.69) is 0 Å². The highest BCUT2D eigenvalue weighted by Gasteiger charge is 2.22. The second kappa shape index (κ2) is 7.43. The topological polar surface area (TPSA) is 72.8 Å². The number of carbonyl (C=O) groups is 1. The van der Waals surface area contributed by atoms with Gasteiger partial charge in [-0.2, -0.15) is 0 Å². The lowest BCUT2D eigenvalue weighted by Gasteiger charge is -2.16. The fourth-order valence-corrected chi connectivity index (χ4v) is 3.29. The molecule has 1 aromatic carbocycles. The Morgan fingerprint density at radius 2 is 1.68 bits per heavy atom. The summed E-state index contributed by atoms with van der Waals surface area (Å²) in [6.45, 7) is 4.23. The van der Waals surface area contributed by atoms with Gasteiger partial charge in [-0.25, -0.2) is 4.79 Å². The summed E-state index contributed by atoms with van der Waals surface area (Å²) in [5.74, 6) is -0.958. The van der Waals surface area contributed by atoms with Crippen molar-refractivity contribution >= 4 is 13.6 Å². The zero-order valence-electron chi connectivity index (χ0n) is 11.2. The molecule has 0 unspecified atom stereocenters. The molecule has 0 saturated carbocycles. The summed E-state index contributed by atoms with van der Waals surface area (Å²) >= 11 is 0. The Hall–Kier alpha value is -1.16. The highest BCUT2D eigenvalue weighted by atomic mass is 31.2. The predicted octanol–water partition coefficient (Wildman–Crippen LogP) is 3.19. The molecule has 106 valence electrons. The van der Waals surface area contributed by atoms with Crippen LogP contribution in [0.15, 0.2) is 24.3 Å². The maximum Gasteiger partial charge on any atom is 0.335 e. The summed E-state index contributed by atoms with van der Waals surface area (Å²) in [6.07, 6.45) is 0.818. The van der Waals surface area contributed by atoms with Crippen molar-refractivity contribution < 1.29 is 23.5 Å². The van der Waals surface area contributed by atoms with Crippen molar-refractivity contribution in [2.45, 2.75) is 20.3 Å². The fourth-order valence-electron chi connectivity index (χ4n) is 1.64. The van der Waals surface area contributed by atoms with E-state index in [-0.39, 0.29) is 5.56 Å². The maximum absolute atomic E-state index is 12.2. The number of aryl methyl sites for hydroxylation is 1. The summed E-state index contributed by atoms with van der Waals surface area (Å²) in [5.41, 5.74) is 1.14. The lowest BCUT2D eigenvalue weighted by Crippen LogP contribution is -2.03. The van der Waals surface area contributed by atoms with E-state index in [1.165, 1.54) is 12.1 Å². The maximum atomic E-state index is 12.2. The van der Waals surface area contributed by atoms with Crippen LogP contribution in [-0.4, -0.2) is 30.5 Å². The molecule has 0 radical (unpaired) electrons. The molecule has 1 N–H and O–H groups in total. The fraction of sp³-hybridized carbons (Fsp3) is 0.462. The van der Waals surface area contributed by atoms with Crippen molar-refractivity contribution in [3.63, 3.8) is 0 Å². The molecule has 1 aromatic rings. The first kappa shape index (κ1) is 15.9. The molecule has 0 bridgehead atoms. The Kier molecular flexibility index (Phi) is 6.22. The van der Waals surface area contributed by atoms with Gasteiger partial charge in [-0.15, -0.1) is 0 Å². The third kappa shape index (κ3) is 5.15. The first-order valence-electron chi connectivity index (χ1n) is 6.21. The van der Waals surface area contributed by atoms with E-state index in [4.69, 9.17) is 14.2 Å². The molecule has 5 nitrogen and oxygen atoms in total. The molecule has 0 heterocycles. The number of benzene rings is 1. The number of aromatic carboxylic acids is 1. The van der Waals surface area contributed by atoms with Gasteiger partial charge in [-0.05, 0) is 38.0 Å². The Bertz CT molecular complexity index is 445. The molecular weight excluding hydrogens is 267 g/mol. The summed E-state index contributed by atoms with van der Waals surface area (Å²) < 4.78 is 22.6. The second-order valence-corrected chi connectivity index (χ2v) is 6.11. The van der Waals surface area contributed by atoms with E-state index in [1.807, 2.05) is 0 Å². The third-order valence-electron chi connectivity index (χ3n) is 2.53. The second-order valence-electron chi connectivity index (χ2n) is 3.92. The van der Waals surface area contributed by atoms with Crippen molar-refractivity contribution in [3.8, 4) is 0 Å². The summed E-state index contributed by atoms with van der Waals surface area (Å²) in [4.78, 5) is 10.7. The number of carboxylic acids is 1. The van der Waals surface area contributed by atoms with Crippen LogP contribution in [0.3, 0.4) is 0 Å². The van der Waals surface area contributed by atoms with E-state index in [0.29, 0.717) is 25.8 Å². The highest BCUT2D eigenvalue weighted by molar-refractivity contribution is 7.53. The summed E-state index contributed by atoms with van der Waals surface area (Å²) in [6, 6.07) is 6.49. The molecule has 0 spiro atoms. The Morgan fingerprint density at radius 3 is 2.11 bits per heavy atom. The van der Waals surface area contributed by atoms with Crippen LogP contribution in [0, 0.1) is 0 Å². The molecule has 6 heteroatoms. The first-order valence-corrected chi connectivity index (χ1v) is 7.94. The van der Waals surface area contributed by atoms with Gasteiger partial charge in [0, 0.05) is 0 Å². The van der Waals surface area contributed by atoms with Crippen molar-refractivity contribution in [1.29, 1.82) is 0 Å². The largest absolute Gasteiger partial charge is 0.478 e. The van der Waals surface area contributed by atoms with E-state index >= 15 is 0 Å². The van der Waals surface area contributed by atoms with Crippen LogP contribution in [0.4, 0.5) is 0 Å². The molecule has 0 saturated heterocycles. The van der Waals surface area contributed by atoms with Crippen molar-refractivity contribution in [1.82, 2.24) is 0 Å². The lowest BCUT2D eigenvalue weighted by atomic mass is 10.1. The smallest absolute Gasteiger partial charge is 0.335 e. The van der Waals surface area contributed by atoms with Gasteiger partial charge in [-0.1, -0.05) is 12.1 Å². The molecule has 1 rings (SSSR count). The molecule has 0 atom stereocenters. The summed E-state index contributed by atoms with van der Waals surface area (Å²) in [5, 5.41) is 8.79. The standard InChI is InChI=1S/C13H19O5P/c1-3-17-19(16,18-4-2)10-9-11-5-7-12(8-6-11)13(14)15/h5-8H,3-4,9-10H2,1-2H3,(H,14,15). The monoisotopic (exact) mass is 286 g/mol. The van der Waals surface area contributed by atoms with Gasteiger partial charge < -0.3 is 14.2 Å². The van der Waals surface area contributed by atoms with Gasteiger partial charge in [0.15, 0.2) is 0 Å². The SMILES string of the molecule is CCOP(=O)(CCc1ccc(C(=O)O)cc1)OCC. The van der Waals surface area contributed by atoms with E-state index in [9.17, 15) is 9.36 Å². The van der Waals surface area contributed by atoms with Gasteiger partial charge >= 0.3 is 13.6 Å². The molecule has 0 aromatic heterocycles. The normalized spacial score (nSPS) is 11.5. The average molecular weight is 286 g/mol. The van der Waals surface area contributed by atoms with Gasteiger partial charge in [0.1, 0.15) is 0 Å². The van der Waals surface area contributed by atoms with Gasteiger partial charge in [0.2, 0.25) is 0 Å². The van der Waals surface area contributed by atoms with E-state index < -0.39 is 13.6 Å². The number of carboxylic acid groups (broad SMARTS) is 1. The average Bonchev–Trinajstić information content (AvgIpc) is 2.37. The minimum absolute atomic E-state index is 0.238. The van der Waals surface area contributed by atoms with Crippen molar-refractivity contribution in [2.75, 3.05) is 19.4 Å². The van der Waals surface area contributed by atoms with Gasteiger partial charge in [-0.3, -0.25) is 4.57 Å². The minimum Gasteiger partial charge on any atom is -0.478 e. The quantitative estimate of drug-likeness (QED) is 0.743. The van der Waals surface area contributed by atoms with Gasteiger partial charge in [0.25, 0.3) is 0 Å². The number of rotatable bonds is 8. The molecule has 0 aliphatic heterocycles. The Labute approximate surface area is 113 Å². The Morgan fingerprint density at radius 1 is 1.16 bits per heavy atom. The molecule has 0 fully saturated rings. The van der Waals surface area contributed by atoms with Crippen LogP contribution in [0.5, 0.6) is 0 Å². The third-order valence-corrected chi connectivity index (χ3v) is 4.60. The molecule has 0 aliphatic rings. The van der Waals surface area contributed by atoms with Crippen LogP contribution >= 0.6 is 7.60 Å². The lowest BCUT2D eigenvalue weighted by molar-refractivity contribution is 0.0697. The van der Waals surface area contributed by atoms with E-state index in [0.717, 1.165) is 5.56 Å². The van der Waals surface area contributed by atoms with E-state index in [1.54, 1.807) is 26.0 Å². The van der Waals surface area contributed by atoms with Crippen LogP contribution < -0.4 is 0 Å². The molecule has 0 amide bonds. The zero-order valence-corrected chi connectivity index (χ0v) is 12.1. The zero-order chi connectivity index (χ0) is 14.3. The van der Waals surface area contributed by atoms with Crippen LogP contribution in [0.25, 0.3) is 0 Å². The van der Waals surface area contributed by atoms with Gasteiger partial charge in [0.05, 0.1) is 24.9 Å². The Balaban J connectivity index is 2.64. The first-order chi connectivity index (χ1) is 9.00. The number of hydrogen-bond donors (Lipinski definition) is 1. The number of hydrogen-bond acceptors (Lipinski definition) is 4. The van der Waals surface area contributed by atoms with Crippen LogP contribution in [-0.2, 0) is 20.0 Å². The molecule has 0 aliphatic carbocycles. The van der Waals surface area contributed by atoms with Crippen molar-refractivity contribution in [2.24, 2.45) is 0 Å². The van der Waals surface area contributed by atoms with Crippen LogP contribution in [0.1, 0.15) is 29.8 Å². The highest BCUT2D eigenvalue weighted by Crippen LogP contribution is 2.48. The molecular formula is C13H19O5P.